The predicted molar refractivity (Wildman–Crippen MR) is 114 cm³/mol. The third-order valence-electron chi connectivity index (χ3n) is 4.01. The molecular formula is C22H23N5O2. The van der Waals surface area contributed by atoms with Crippen LogP contribution in [0.15, 0.2) is 65.8 Å². The van der Waals surface area contributed by atoms with Crippen LogP contribution in [-0.2, 0) is 4.79 Å². The molecular weight excluding hydrogens is 366 g/mol. The van der Waals surface area contributed by atoms with Crippen molar-refractivity contribution in [2.24, 2.45) is 5.10 Å². The summed E-state index contributed by atoms with van der Waals surface area (Å²) in [5, 5.41) is 7.11. The molecule has 148 valence electrons. The van der Waals surface area contributed by atoms with Crippen LogP contribution in [0.2, 0.25) is 0 Å². The fourth-order valence-electron chi connectivity index (χ4n) is 2.63. The van der Waals surface area contributed by atoms with Crippen LogP contribution >= 0.6 is 0 Å². The standard InChI is InChI=1S/C22H23N5O2/c1-15-13-16(2)24-22(23-15)27-26-17(3)18-9-11-20(12-10-18)29-14-21(28)25-19-7-5-4-6-8-19/h4-13H,14H2,1-3H3,(H,25,28)(H,23,24,27)/b26-17-. The number of para-hydroxylation sites is 1. The summed E-state index contributed by atoms with van der Waals surface area (Å²) in [5.74, 6) is 0.859. The van der Waals surface area contributed by atoms with E-state index in [0.29, 0.717) is 11.7 Å². The topological polar surface area (TPSA) is 88.5 Å². The van der Waals surface area contributed by atoms with Crippen molar-refractivity contribution in [1.82, 2.24) is 9.97 Å². The summed E-state index contributed by atoms with van der Waals surface area (Å²) in [6.45, 7) is 5.65. The molecule has 0 radical (unpaired) electrons. The summed E-state index contributed by atoms with van der Waals surface area (Å²) >= 11 is 0. The highest BCUT2D eigenvalue weighted by atomic mass is 16.5. The average molecular weight is 389 g/mol. The second-order valence-corrected chi connectivity index (χ2v) is 6.51. The minimum Gasteiger partial charge on any atom is -0.484 e. The molecule has 0 aliphatic rings. The first kappa shape index (κ1) is 20.0. The summed E-state index contributed by atoms with van der Waals surface area (Å²) in [4.78, 5) is 20.5. The first-order chi connectivity index (χ1) is 14.0. The molecule has 0 unspecified atom stereocenters. The Morgan fingerprint density at radius 1 is 1.00 bits per heavy atom. The number of hydrazone groups is 1. The van der Waals surface area contributed by atoms with Crippen molar-refractivity contribution in [3.05, 3.63) is 77.6 Å². The molecule has 0 saturated heterocycles. The molecule has 0 fully saturated rings. The number of nitrogens with zero attached hydrogens (tertiary/aromatic N) is 3. The molecule has 1 heterocycles. The smallest absolute Gasteiger partial charge is 0.262 e. The van der Waals surface area contributed by atoms with Crippen LogP contribution in [0, 0.1) is 13.8 Å². The van der Waals surface area contributed by atoms with Gasteiger partial charge in [-0.2, -0.15) is 5.10 Å². The van der Waals surface area contributed by atoms with Crippen LogP contribution in [0.4, 0.5) is 11.6 Å². The zero-order chi connectivity index (χ0) is 20.6. The van der Waals surface area contributed by atoms with Gasteiger partial charge in [0.2, 0.25) is 5.95 Å². The lowest BCUT2D eigenvalue weighted by molar-refractivity contribution is -0.118. The maximum atomic E-state index is 12.0. The van der Waals surface area contributed by atoms with Crippen LogP contribution in [0.5, 0.6) is 5.75 Å². The van der Waals surface area contributed by atoms with Gasteiger partial charge in [-0.1, -0.05) is 18.2 Å². The van der Waals surface area contributed by atoms with Crippen molar-refractivity contribution in [1.29, 1.82) is 0 Å². The lowest BCUT2D eigenvalue weighted by Gasteiger charge is -2.08. The number of aromatic nitrogens is 2. The minimum absolute atomic E-state index is 0.0626. The summed E-state index contributed by atoms with van der Waals surface area (Å²) in [6.07, 6.45) is 0. The van der Waals surface area contributed by atoms with E-state index < -0.39 is 0 Å². The largest absolute Gasteiger partial charge is 0.484 e. The Balaban J connectivity index is 1.54. The van der Waals surface area contributed by atoms with Gasteiger partial charge in [-0.3, -0.25) is 4.79 Å². The third-order valence-corrected chi connectivity index (χ3v) is 4.01. The Bertz CT molecular complexity index is 981. The number of aryl methyl sites for hydroxylation is 2. The number of anilines is 2. The van der Waals surface area contributed by atoms with Crippen LogP contribution < -0.4 is 15.5 Å². The van der Waals surface area contributed by atoms with Gasteiger partial charge >= 0.3 is 0 Å². The van der Waals surface area contributed by atoms with Gasteiger partial charge in [-0.05, 0) is 68.8 Å². The first-order valence-corrected chi connectivity index (χ1v) is 9.20. The summed E-state index contributed by atoms with van der Waals surface area (Å²) in [7, 11) is 0. The Morgan fingerprint density at radius 3 is 2.31 bits per heavy atom. The van der Waals surface area contributed by atoms with Crippen molar-refractivity contribution < 1.29 is 9.53 Å². The second-order valence-electron chi connectivity index (χ2n) is 6.51. The van der Waals surface area contributed by atoms with Crippen LogP contribution in [0.3, 0.4) is 0 Å². The third kappa shape index (κ3) is 6.14. The van der Waals surface area contributed by atoms with Gasteiger partial charge in [-0.15, -0.1) is 0 Å². The van der Waals surface area contributed by atoms with Crippen LogP contribution in [0.25, 0.3) is 0 Å². The van der Waals surface area contributed by atoms with E-state index in [9.17, 15) is 4.79 Å². The van der Waals surface area contributed by atoms with Crippen LogP contribution in [-0.4, -0.2) is 28.2 Å². The highest BCUT2D eigenvalue weighted by Gasteiger charge is 2.05. The molecule has 0 aliphatic heterocycles. The monoisotopic (exact) mass is 389 g/mol. The molecule has 0 aliphatic carbocycles. The predicted octanol–water partition coefficient (Wildman–Crippen LogP) is 3.95. The van der Waals surface area contributed by atoms with Crippen molar-refractivity contribution in [2.75, 3.05) is 17.3 Å². The van der Waals surface area contributed by atoms with E-state index in [1.54, 1.807) is 12.1 Å². The number of carbonyl (C=O) groups excluding carboxylic acids is 1. The zero-order valence-electron chi connectivity index (χ0n) is 16.6. The van der Waals surface area contributed by atoms with Crippen molar-refractivity contribution in [2.45, 2.75) is 20.8 Å². The van der Waals surface area contributed by atoms with Crippen molar-refractivity contribution in [3.8, 4) is 5.75 Å². The molecule has 0 saturated carbocycles. The number of hydrogen-bond donors (Lipinski definition) is 2. The summed E-state index contributed by atoms with van der Waals surface area (Å²) in [6, 6.07) is 18.5. The fourth-order valence-corrected chi connectivity index (χ4v) is 2.63. The number of carbonyl (C=O) groups is 1. The SMILES string of the molecule is C/C(=N/Nc1nc(C)cc(C)n1)c1ccc(OCC(=O)Nc2ccccc2)cc1. The van der Waals surface area contributed by atoms with Crippen LogP contribution in [0.1, 0.15) is 23.9 Å². The normalized spacial score (nSPS) is 11.1. The number of amides is 1. The number of nitrogens with one attached hydrogen (secondary N) is 2. The Labute approximate surface area is 169 Å². The molecule has 3 rings (SSSR count). The lowest BCUT2D eigenvalue weighted by atomic mass is 10.1. The molecule has 3 aromatic rings. The van der Waals surface area contributed by atoms with E-state index in [-0.39, 0.29) is 12.5 Å². The quantitative estimate of drug-likeness (QED) is 0.472. The molecule has 0 bridgehead atoms. The molecule has 2 aromatic carbocycles. The van der Waals surface area contributed by atoms with Gasteiger partial charge in [0.15, 0.2) is 6.61 Å². The minimum atomic E-state index is -0.212. The van der Waals surface area contributed by atoms with E-state index in [4.69, 9.17) is 4.74 Å². The van der Waals surface area contributed by atoms with E-state index >= 15 is 0 Å². The van der Waals surface area contributed by atoms with Crippen molar-refractivity contribution in [3.63, 3.8) is 0 Å². The molecule has 29 heavy (non-hydrogen) atoms. The molecule has 1 amide bonds. The van der Waals surface area contributed by atoms with E-state index in [0.717, 1.165) is 28.4 Å². The molecule has 0 spiro atoms. The molecule has 7 nitrogen and oxygen atoms in total. The van der Waals surface area contributed by atoms with Gasteiger partial charge in [0, 0.05) is 17.1 Å². The van der Waals surface area contributed by atoms with Gasteiger partial charge in [0.1, 0.15) is 5.75 Å². The lowest BCUT2D eigenvalue weighted by Crippen LogP contribution is -2.20. The average Bonchev–Trinajstić information content (AvgIpc) is 2.71. The second kappa shape index (κ2) is 9.45. The maximum Gasteiger partial charge on any atom is 0.262 e. The molecule has 7 heteroatoms. The highest BCUT2D eigenvalue weighted by Crippen LogP contribution is 2.14. The Hall–Kier alpha value is -3.74. The van der Waals surface area contributed by atoms with E-state index in [1.807, 2.05) is 69.3 Å². The number of hydrogen-bond acceptors (Lipinski definition) is 6. The number of benzene rings is 2. The summed E-state index contributed by atoms with van der Waals surface area (Å²) in [5.41, 5.74) is 7.08. The molecule has 1 aromatic heterocycles. The number of ether oxygens (including phenoxy) is 1. The van der Waals surface area contributed by atoms with E-state index in [2.05, 4.69) is 25.8 Å². The highest BCUT2D eigenvalue weighted by molar-refractivity contribution is 5.99. The first-order valence-electron chi connectivity index (χ1n) is 9.20. The fraction of sp³-hybridized carbons (Fsp3) is 0.182. The Kier molecular flexibility index (Phi) is 6.52. The molecule has 2 N–H and O–H groups in total. The zero-order valence-corrected chi connectivity index (χ0v) is 16.6. The molecule has 0 atom stereocenters. The van der Waals surface area contributed by atoms with Gasteiger partial charge in [0.25, 0.3) is 5.91 Å². The Morgan fingerprint density at radius 2 is 1.66 bits per heavy atom. The summed E-state index contributed by atoms with van der Waals surface area (Å²) < 4.78 is 5.54. The van der Waals surface area contributed by atoms with Gasteiger partial charge in [-0.25, -0.2) is 15.4 Å². The number of rotatable bonds is 7. The van der Waals surface area contributed by atoms with Gasteiger partial charge in [0.05, 0.1) is 5.71 Å². The van der Waals surface area contributed by atoms with E-state index in [1.165, 1.54) is 0 Å². The maximum absolute atomic E-state index is 12.0. The van der Waals surface area contributed by atoms with Crippen molar-refractivity contribution >= 4 is 23.3 Å². The van der Waals surface area contributed by atoms with Gasteiger partial charge < -0.3 is 10.1 Å².